The van der Waals surface area contributed by atoms with E-state index in [4.69, 9.17) is 0 Å². The van der Waals surface area contributed by atoms with Crippen LogP contribution in [0.1, 0.15) is 84.0 Å². The number of carbonyl (C=O) groups is 1. The first-order valence-electron chi connectivity index (χ1n) is 7.38. The van der Waals surface area contributed by atoms with E-state index >= 15 is 0 Å². The summed E-state index contributed by atoms with van der Waals surface area (Å²) in [4.78, 5) is 10.8. The summed E-state index contributed by atoms with van der Waals surface area (Å²) in [5.74, 6) is -0.0686. The molecule has 104 valence electrons. The second-order valence-electron chi connectivity index (χ2n) is 4.86. The average Bonchev–Trinajstić information content (AvgIpc) is 2.35. The van der Waals surface area contributed by atoms with E-state index < -0.39 is 0 Å². The van der Waals surface area contributed by atoms with Crippen molar-refractivity contribution in [2.75, 3.05) is 7.11 Å². The minimum absolute atomic E-state index is 0. The summed E-state index contributed by atoms with van der Waals surface area (Å²) in [7, 11) is 1.46. The number of hydrogen-bond acceptors (Lipinski definition) is 2. The van der Waals surface area contributed by atoms with Gasteiger partial charge in [0.15, 0.2) is 0 Å². The van der Waals surface area contributed by atoms with Gasteiger partial charge in [0.2, 0.25) is 0 Å². The van der Waals surface area contributed by atoms with E-state index in [-0.39, 0.29) is 35.5 Å². The van der Waals surface area contributed by atoms with Crippen molar-refractivity contribution in [3.8, 4) is 0 Å². The molecule has 0 aromatic heterocycles. The fourth-order valence-corrected chi connectivity index (χ4v) is 2.04. The van der Waals surface area contributed by atoms with Gasteiger partial charge in [-0.3, -0.25) is 4.79 Å². The van der Waals surface area contributed by atoms with Crippen LogP contribution >= 0.6 is 0 Å². The Hall–Kier alpha value is 0.470. The van der Waals surface area contributed by atoms with Crippen LogP contribution < -0.4 is 0 Å². The second kappa shape index (κ2) is 17.5. The first-order chi connectivity index (χ1) is 8.31. The summed E-state index contributed by atoms with van der Waals surface area (Å²) in [6, 6.07) is 0. The van der Waals surface area contributed by atoms with E-state index in [0.717, 1.165) is 6.42 Å². The standard InChI is InChI=1S/C15H30O2.Na.H/c1-3-4-5-6-7-8-9-10-11-12-13-14-15(16)17-2;;/h3-14H2,1-2H3;;. The SMILES string of the molecule is CCCCCCCCCCCCCC(=O)OC.[NaH]. The zero-order valence-electron chi connectivity index (χ0n) is 11.8. The summed E-state index contributed by atoms with van der Waals surface area (Å²) >= 11 is 0. The Kier molecular flexibility index (Phi) is 20.2. The molecule has 0 amide bonds. The Morgan fingerprint density at radius 3 is 1.56 bits per heavy atom. The number of rotatable bonds is 12. The van der Waals surface area contributed by atoms with Gasteiger partial charge in [-0.2, -0.15) is 0 Å². The van der Waals surface area contributed by atoms with E-state index in [1.54, 1.807) is 0 Å². The number of methoxy groups -OCH3 is 1. The van der Waals surface area contributed by atoms with Crippen molar-refractivity contribution in [3.63, 3.8) is 0 Å². The molecular formula is C15H31NaO2. The Morgan fingerprint density at radius 2 is 1.17 bits per heavy atom. The molecule has 0 aliphatic heterocycles. The molecule has 0 fully saturated rings. The molecular weight excluding hydrogens is 235 g/mol. The predicted octanol–water partition coefficient (Wildman–Crippen LogP) is 4.21. The van der Waals surface area contributed by atoms with Crippen molar-refractivity contribution in [2.24, 2.45) is 0 Å². The van der Waals surface area contributed by atoms with Crippen LogP contribution in [0.2, 0.25) is 0 Å². The molecule has 2 nitrogen and oxygen atoms in total. The molecule has 3 heteroatoms. The van der Waals surface area contributed by atoms with Gasteiger partial charge in [0.25, 0.3) is 0 Å². The molecule has 0 saturated heterocycles. The van der Waals surface area contributed by atoms with Crippen LogP contribution in [-0.4, -0.2) is 42.6 Å². The zero-order chi connectivity index (χ0) is 12.8. The third-order valence-electron chi connectivity index (χ3n) is 3.21. The van der Waals surface area contributed by atoms with E-state index in [0.29, 0.717) is 6.42 Å². The molecule has 0 radical (unpaired) electrons. The van der Waals surface area contributed by atoms with Crippen molar-refractivity contribution in [1.29, 1.82) is 0 Å². The van der Waals surface area contributed by atoms with Gasteiger partial charge in [0.1, 0.15) is 0 Å². The maximum atomic E-state index is 10.8. The third kappa shape index (κ3) is 16.5. The Morgan fingerprint density at radius 1 is 0.778 bits per heavy atom. The van der Waals surface area contributed by atoms with Crippen molar-refractivity contribution in [2.45, 2.75) is 84.0 Å². The average molecular weight is 266 g/mol. The minimum atomic E-state index is -0.0686. The summed E-state index contributed by atoms with van der Waals surface area (Å²) in [6.07, 6.45) is 15.1. The van der Waals surface area contributed by atoms with Gasteiger partial charge in [-0.15, -0.1) is 0 Å². The van der Waals surface area contributed by atoms with E-state index in [2.05, 4.69) is 11.7 Å². The van der Waals surface area contributed by atoms with Crippen LogP contribution in [0, 0.1) is 0 Å². The molecule has 0 aliphatic rings. The van der Waals surface area contributed by atoms with Crippen LogP contribution in [0.5, 0.6) is 0 Å². The Labute approximate surface area is 136 Å². The molecule has 0 aromatic carbocycles. The molecule has 0 bridgehead atoms. The summed E-state index contributed by atoms with van der Waals surface area (Å²) in [5, 5.41) is 0. The number of ether oxygens (including phenoxy) is 1. The van der Waals surface area contributed by atoms with Crippen LogP contribution in [0.15, 0.2) is 0 Å². The number of unbranched alkanes of at least 4 members (excludes halogenated alkanes) is 10. The molecule has 0 N–H and O–H groups in total. The van der Waals surface area contributed by atoms with Crippen LogP contribution in [0.25, 0.3) is 0 Å². The van der Waals surface area contributed by atoms with Gasteiger partial charge in [-0.1, -0.05) is 71.1 Å². The fraction of sp³-hybridized carbons (Fsp3) is 0.933. The van der Waals surface area contributed by atoms with Crippen molar-refractivity contribution in [1.82, 2.24) is 0 Å². The molecule has 0 atom stereocenters. The Balaban J connectivity index is 0. The molecule has 0 saturated carbocycles. The molecule has 0 spiro atoms. The Bertz CT molecular complexity index is 172. The third-order valence-corrected chi connectivity index (χ3v) is 3.21. The van der Waals surface area contributed by atoms with E-state index in [9.17, 15) is 4.79 Å². The van der Waals surface area contributed by atoms with Gasteiger partial charge >= 0.3 is 35.5 Å². The number of esters is 1. The summed E-state index contributed by atoms with van der Waals surface area (Å²) in [5.41, 5.74) is 0. The second-order valence-corrected chi connectivity index (χ2v) is 4.86. The van der Waals surface area contributed by atoms with Gasteiger partial charge in [0, 0.05) is 6.42 Å². The first kappa shape index (κ1) is 20.8. The van der Waals surface area contributed by atoms with Crippen LogP contribution in [0.4, 0.5) is 0 Å². The quantitative estimate of drug-likeness (QED) is 0.300. The molecule has 0 unspecified atom stereocenters. The van der Waals surface area contributed by atoms with Gasteiger partial charge in [-0.05, 0) is 6.42 Å². The van der Waals surface area contributed by atoms with E-state index in [1.165, 1.54) is 71.3 Å². The zero-order valence-corrected chi connectivity index (χ0v) is 11.8. The molecule has 0 heterocycles. The monoisotopic (exact) mass is 266 g/mol. The topological polar surface area (TPSA) is 26.3 Å². The van der Waals surface area contributed by atoms with Crippen molar-refractivity contribution >= 4 is 35.5 Å². The van der Waals surface area contributed by atoms with Crippen LogP contribution in [-0.2, 0) is 9.53 Å². The van der Waals surface area contributed by atoms with Crippen molar-refractivity contribution in [3.05, 3.63) is 0 Å². The molecule has 0 aliphatic carbocycles. The number of carbonyl (C=O) groups excluding carboxylic acids is 1. The molecule has 0 aromatic rings. The van der Waals surface area contributed by atoms with E-state index in [1.807, 2.05) is 0 Å². The van der Waals surface area contributed by atoms with Gasteiger partial charge < -0.3 is 4.74 Å². The summed E-state index contributed by atoms with van der Waals surface area (Å²) in [6.45, 7) is 2.26. The number of hydrogen-bond donors (Lipinski definition) is 0. The normalized spacial score (nSPS) is 9.89. The molecule has 18 heavy (non-hydrogen) atoms. The maximum absolute atomic E-state index is 10.8. The first-order valence-corrected chi connectivity index (χ1v) is 7.38. The fourth-order valence-electron chi connectivity index (χ4n) is 2.04. The van der Waals surface area contributed by atoms with Gasteiger partial charge in [0.05, 0.1) is 7.11 Å². The summed E-state index contributed by atoms with van der Waals surface area (Å²) < 4.78 is 4.60. The predicted molar refractivity (Wildman–Crippen MR) is 80.2 cm³/mol. The van der Waals surface area contributed by atoms with Crippen LogP contribution in [0.3, 0.4) is 0 Å². The molecule has 0 rings (SSSR count). The van der Waals surface area contributed by atoms with Gasteiger partial charge in [-0.25, -0.2) is 0 Å². The van der Waals surface area contributed by atoms with Crippen molar-refractivity contribution < 1.29 is 9.53 Å².